The number of H-pyrrole nitrogens is 1. The van der Waals surface area contributed by atoms with E-state index in [2.05, 4.69) is 14.9 Å². The number of carbonyl (C=O) groups excluding carboxylic acids is 1. The van der Waals surface area contributed by atoms with Crippen LogP contribution in [0.4, 0.5) is 0 Å². The lowest BCUT2D eigenvalue weighted by Crippen LogP contribution is -2.53. The minimum atomic E-state index is 0.346. The van der Waals surface area contributed by atoms with Gasteiger partial charge in [-0.3, -0.25) is 4.79 Å². The number of amides is 1. The molecule has 0 radical (unpaired) electrons. The maximum Gasteiger partial charge on any atom is 0.226 e. The lowest BCUT2D eigenvalue weighted by molar-refractivity contribution is -0.150. The number of aromatic nitrogens is 2. The van der Waals surface area contributed by atoms with Crippen molar-refractivity contribution in [3.63, 3.8) is 0 Å². The third kappa shape index (κ3) is 2.33. The van der Waals surface area contributed by atoms with Crippen LogP contribution in [-0.4, -0.2) is 33.9 Å². The molecule has 4 bridgehead atoms. The van der Waals surface area contributed by atoms with Crippen LogP contribution in [0.25, 0.3) is 0 Å². The van der Waals surface area contributed by atoms with Crippen molar-refractivity contribution in [2.24, 2.45) is 29.6 Å². The van der Waals surface area contributed by atoms with E-state index in [0.29, 0.717) is 29.6 Å². The summed E-state index contributed by atoms with van der Waals surface area (Å²) >= 11 is 0. The highest BCUT2D eigenvalue weighted by Crippen LogP contribution is 2.57. The number of piperidine rings is 1. The Morgan fingerprint density at radius 2 is 1.87 bits per heavy atom. The highest BCUT2D eigenvalue weighted by Gasteiger charge is 2.51. The molecular weight excluding hydrogens is 286 g/mol. The number of rotatable bonds is 2. The Morgan fingerprint density at radius 3 is 2.52 bits per heavy atom. The average Bonchev–Trinajstić information content (AvgIpc) is 3.08. The number of hydrogen-bond donors (Lipinski definition) is 1. The van der Waals surface area contributed by atoms with Crippen molar-refractivity contribution >= 4 is 5.91 Å². The van der Waals surface area contributed by atoms with Gasteiger partial charge in [-0.05, 0) is 68.6 Å². The second-order valence-corrected chi connectivity index (χ2v) is 8.55. The smallest absolute Gasteiger partial charge is 0.226 e. The molecule has 1 aromatic heterocycles. The van der Waals surface area contributed by atoms with E-state index in [1.807, 2.05) is 12.4 Å². The van der Waals surface area contributed by atoms with Crippen LogP contribution in [0.15, 0.2) is 12.4 Å². The average molecular weight is 313 g/mol. The maximum absolute atomic E-state index is 13.3. The molecule has 0 unspecified atom stereocenters. The summed E-state index contributed by atoms with van der Waals surface area (Å²) < 4.78 is 0. The minimum absolute atomic E-state index is 0.346. The first-order valence-electron chi connectivity index (χ1n) is 9.56. The van der Waals surface area contributed by atoms with E-state index in [9.17, 15) is 4.79 Å². The molecule has 0 spiro atoms. The van der Waals surface area contributed by atoms with Gasteiger partial charge in [0.15, 0.2) is 0 Å². The number of hydrogen-bond acceptors (Lipinski definition) is 2. The SMILES string of the molecule is O=C(C1C2CC3CC(C2)CC1C3)N1CCC[C@H](c2ncc[nH]2)C1. The molecule has 1 N–H and O–H groups in total. The molecule has 5 fully saturated rings. The van der Waals surface area contributed by atoms with Crippen molar-refractivity contribution in [1.82, 2.24) is 14.9 Å². The summed E-state index contributed by atoms with van der Waals surface area (Å²) in [5, 5.41) is 0. The number of carbonyl (C=O) groups is 1. The van der Waals surface area contributed by atoms with Crippen LogP contribution in [0.3, 0.4) is 0 Å². The van der Waals surface area contributed by atoms with Crippen LogP contribution in [0, 0.1) is 29.6 Å². The number of likely N-dealkylation sites (tertiary alicyclic amines) is 1. The fraction of sp³-hybridized carbons (Fsp3) is 0.789. The fourth-order valence-electron chi connectivity index (χ4n) is 6.44. The van der Waals surface area contributed by atoms with Gasteiger partial charge < -0.3 is 9.88 Å². The zero-order chi connectivity index (χ0) is 15.4. The molecule has 124 valence electrons. The van der Waals surface area contributed by atoms with E-state index >= 15 is 0 Å². The normalized spacial score (nSPS) is 42.2. The van der Waals surface area contributed by atoms with Gasteiger partial charge in [-0.25, -0.2) is 4.98 Å². The van der Waals surface area contributed by atoms with Crippen LogP contribution >= 0.6 is 0 Å². The van der Waals surface area contributed by atoms with Gasteiger partial charge in [0.25, 0.3) is 0 Å². The van der Waals surface area contributed by atoms with Crippen LogP contribution in [0.5, 0.6) is 0 Å². The topological polar surface area (TPSA) is 49.0 Å². The summed E-state index contributed by atoms with van der Waals surface area (Å²) in [7, 11) is 0. The van der Waals surface area contributed by atoms with Gasteiger partial charge in [-0.1, -0.05) is 0 Å². The second kappa shape index (κ2) is 5.35. The van der Waals surface area contributed by atoms with Gasteiger partial charge in [0, 0.05) is 37.3 Å². The van der Waals surface area contributed by atoms with Crippen molar-refractivity contribution in [2.75, 3.05) is 13.1 Å². The monoisotopic (exact) mass is 313 g/mol. The van der Waals surface area contributed by atoms with E-state index in [1.54, 1.807) is 0 Å². The molecule has 2 heterocycles. The van der Waals surface area contributed by atoms with Crippen molar-refractivity contribution < 1.29 is 4.79 Å². The third-order valence-corrected chi connectivity index (χ3v) is 7.15. The lowest BCUT2D eigenvalue weighted by Gasteiger charge is -2.54. The molecule has 4 heteroatoms. The van der Waals surface area contributed by atoms with Gasteiger partial charge in [0.05, 0.1) is 0 Å². The predicted octanol–water partition coefficient (Wildman–Crippen LogP) is 3.19. The molecule has 4 nitrogen and oxygen atoms in total. The molecular formula is C19H27N3O. The second-order valence-electron chi connectivity index (χ2n) is 8.55. The Bertz CT molecular complexity index is 553. The fourth-order valence-corrected chi connectivity index (χ4v) is 6.44. The highest BCUT2D eigenvalue weighted by molar-refractivity contribution is 5.80. The third-order valence-electron chi connectivity index (χ3n) is 7.15. The Labute approximate surface area is 138 Å². The molecule has 1 aromatic rings. The van der Waals surface area contributed by atoms with Crippen LogP contribution in [-0.2, 0) is 4.79 Å². The first kappa shape index (κ1) is 14.1. The van der Waals surface area contributed by atoms with Gasteiger partial charge >= 0.3 is 0 Å². The largest absolute Gasteiger partial charge is 0.348 e. The summed E-state index contributed by atoms with van der Waals surface area (Å²) in [4.78, 5) is 23.2. The van der Waals surface area contributed by atoms with E-state index in [1.165, 1.54) is 32.1 Å². The number of nitrogens with one attached hydrogen (secondary N) is 1. The van der Waals surface area contributed by atoms with Crippen LogP contribution < -0.4 is 0 Å². The predicted molar refractivity (Wildman–Crippen MR) is 87.7 cm³/mol. The molecule has 1 saturated heterocycles. The minimum Gasteiger partial charge on any atom is -0.348 e. The summed E-state index contributed by atoms with van der Waals surface area (Å²) in [6, 6.07) is 0. The summed E-state index contributed by atoms with van der Waals surface area (Å²) in [6.07, 6.45) is 12.8. The Hall–Kier alpha value is -1.32. The van der Waals surface area contributed by atoms with E-state index in [4.69, 9.17) is 0 Å². The summed E-state index contributed by atoms with van der Waals surface area (Å²) in [5.41, 5.74) is 0. The molecule has 1 atom stereocenters. The standard InChI is InChI=1S/C19H27N3O/c23-19(17-15-7-12-6-13(9-15)10-16(17)8-12)22-5-1-2-14(11-22)18-20-3-4-21-18/h3-4,12-17H,1-2,5-11H2,(H,20,21)/t12?,13?,14-,15?,16?,17?/m0/s1. The van der Waals surface area contributed by atoms with E-state index in [-0.39, 0.29) is 0 Å². The Kier molecular flexibility index (Phi) is 3.27. The van der Waals surface area contributed by atoms with Crippen LogP contribution in [0.1, 0.15) is 56.7 Å². The van der Waals surface area contributed by atoms with Gasteiger partial charge in [-0.15, -0.1) is 0 Å². The van der Waals surface area contributed by atoms with Gasteiger partial charge in [0.1, 0.15) is 5.82 Å². The maximum atomic E-state index is 13.3. The highest BCUT2D eigenvalue weighted by atomic mass is 16.2. The molecule has 1 amide bonds. The number of imidazole rings is 1. The van der Waals surface area contributed by atoms with Crippen molar-refractivity contribution in [2.45, 2.75) is 50.9 Å². The molecule has 4 saturated carbocycles. The van der Waals surface area contributed by atoms with Crippen molar-refractivity contribution in [3.8, 4) is 0 Å². The first-order chi connectivity index (χ1) is 11.3. The number of nitrogens with zero attached hydrogens (tertiary/aromatic N) is 2. The lowest BCUT2D eigenvalue weighted by atomic mass is 9.51. The molecule has 4 aliphatic carbocycles. The molecule has 5 aliphatic rings. The van der Waals surface area contributed by atoms with E-state index < -0.39 is 0 Å². The number of aromatic amines is 1. The summed E-state index contributed by atoms with van der Waals surface area (Å²) in [5.74, 6) is 5.57. The van der Waals surface area contributed by atoms with Crippen LogP contribution in [0.2, 0.25) is 0 Å². The van der Waals surface area contributed by atoms with Gasteiger partial charge in [-0.2, -0.15) is 0 Å². The molecule has 6 rings (SSSR count). The van der Waals surface area contributed by atoms with Gasteiger partial charge in [0.2, 0.25) is 5.91 Å². The zero-order valence-electron chi connectivity index (χ0n) is 13.8. The van der Waals surface area contributed by atoms with Crippen molar-refractivity contribution in [3.05, 3.63) is 18.2 Å². The first-order valence-corrected chi connectivity index (χ1v) is 9.56. The summed E-state index contributed by atoms with van der Waals surface area (Å²) in [6.45, 7) is 1.83. The zero-order valence-corrected chi connectivity index (χ0v) is 13.8. The molecule has 23 heavy (non-hydrogen) atoms. The quantitative estimate of drug-likeness (QED) is 0.911. The molecule has 0 aromatic carbocycles. The van der Waals surface area contributed by atoms with Crippen molar-refractivity contribution in [1.29, 1.82) is 0 Å². The molecule has 1 aliphatic heterocycles. The Balaban J connectivity index is 1.32. The Morgan fingerprint density at radius 1 is 1.13 bits per heavy atom. The van der Waals surface area contributed by atoms with E-state index in [0.717, 1.165) is 43.6 Å².